The van der Waals surface area contributed by atoms with Crippen molar-refractivity contribution in [2.75, 3.05) is 0 Å². The molecule has 0 radical (unpaired) electrons. The molecule has 0 aliphatic rings. The topological polar surface area (TPSA) is 38.0 Å². The molecule has 1 heterocycles. The largest absolute Gasteiger partial charge is 0.390 e. The van der Waals surface area contributed by atoms with Gasteiger partial charge in [-0.05, 0) is 18.4 Å². The average Bonchev–Trinajstić information content (AvgIpc) is 2.90. The van der Waals surface area contributed by atoms with Gasteiger partial charge in [0.25, 0.3) is 0 Å². The summed E-state index contributed by atoms with van der Waals surface area (Å²) in [6.45, 7) is 0. The van der Waals surface area contributed by atoms with Crippen LogP contribution in [0.25, 0.3) is 0 Å². The first kappa shape index (κ1) is 12.2. The van der Waals surface area contributed by atoms with Gasteiger partial charge >= 0.3 is 0 Å². The highest BCUT2D eigenvalue weighted by molar-refractivity contribution is 7.80. The zero-order valence-corrected chi connectivity index (χ0v) is 10.4. The van der Waals surface area contributed by atoms with Gasteiger partial charge in [0.2, 0.25) is 0 Å². The van der Waals surface area contributed by atoms with E-state index in [9.17, 15) is 5.11 Å². The van der Waals surface area contributed by atoms with Crippen molar-refractivity contribution in [2.45, 2.75) is 24.3 Å². The molecule has 0 aliphatic heterocycles. The number of nitrogens with zero attached hydrogens (tertiary/aromatic N) is 2. The van der Waals surface area contributed by atoms with Crippen LogP contribution in [0.15, 0.2) is 49.1 Å². The van der Waals surface area contributed by atoms with E-state index in [1.807, 2.05) is 24.4 Å². The van der Waals surface area contributed by atoms with E-state index < -0.39 is 6.10 Å². The average molecular weight is 248 g/mol. The van der Waals surface area contributed by atoms with Crippen LogP contribution in [-0.2, 0) is 6.42 Å². The third kappa shape index (κ3) is 3.35. The van der Waals surface area contributed by atoms with E-state index in [0.717, 1.165) is 6.42 Å². The zero-order chi connectivity index (χ0) is 12.1. The number of aryl methyl sites for hydroxylation is 1. The molecule has 3 nitrogen and oxygen atoms in total. The van der Waals surface area contributed by atoms with Gasteiger partial charge < -0.3 is 9.67 Å². The SMILES string of the molecule is OC(CCc1ccccc1)C(S)n1ccnc1. The summed E-state index contributed by atoms with van der Waals surface area (Å²) in [5.74, 6) is 0. The molecule has 0 saturated heterocycles. The summed E-state index contributed by atoms with van der Waals surface area (Å²) in [5.41, 5.74) is 1.23. The minimum Gasteiger partial charge on any atom is -0.390 e. The normalized spacial score (nSPS) is 14.5. The molecule has 0 amide bonds. The lowest BCUT2D eigenvalue weighted by Gasteiger charge is -2.19. The van der Waals surface area contributed by atoms with Crippen LogP contribution in [0.1, 0.15) is 17.4 Å². The molecule has 90 valence electrons. The highest BCUT2D eigenvalue weighted by Gasteiger charge is 2.15. The van der Waals surface area contributed by atoms with E-state index >= 15 is 0 Å². The fourth-order valence-electron chi connectivity index (χ4n) is 1.73. The predicted molar refractivity (Wildman–Crippen MR) is 71.0 cm³/mol. The molecule has 0 aliphatic carbocycles. The summed E-state index contributed by atoms with van der Waals surface area (Å²) < 4.78 is 1.80. The third-order valence-electron chi connectivity index (χ3n) is 2.75. The first-order chi connectivity index (χ1) is 8.27. The van der Waals surface area contributed by atoms with Crippen LogP contribution in [0, 0.1) is 0 Å². The molecule has 1 N–H and O–H groups in total. The molecule has 2 unspecified atom stereocenters. The molecule has 2 aromatic rings. The van der Waals surface area contributed by atoms with Crippen LogP contribution in [0.2, 0.25) is 0 Å². The lowest BCUT2D eigenvalue weighted by molar-refractivity contribution is 0.141. The molecular weight excluding hydrogens is 232 g/mol. The molecule has 17 heavy (non-hydrogen) atoms. The second-order valence-corrected chi connectivity index (χ2v) is 4.54. The molecule has 0 spiro atoms. The Morgan fingerprint density at radius 3 is 2.71 bits per heavy atom. The fourth-order valence-corrected chi connectivity index (χ4v) is 2.02. The lowest BCUT2D eigenvalue weighted by Crippen LogP contribution is -2.19. The van der Waals surface area contributed by atoms with Crippen molar-refractivity contribution in [3.8, 4) is 0 Å². The minimum absolute atomic E-state index is 0.235. The molecule has 2 rings (SSSR count). The van der Waals surface area contributed by atoms with E-state index in [0.29, 0.717) is 6.42 Å². The number of aliphatic hydroxyl groups is 1. The number of aliphatic hydroxyl groups excluding tert-OH is 1. The van der Waals surface area contributed by atoms with Gasteiger partial charge in [-0.25, -0.2) is 4.98 Å². The Labute approximate surface area is 107 Å². The molecule has 1 aromatic carbocycles. The Balaban J connectivity index is 1.87. The maximum Gasteiger partial charge on any atom is 0.103 e. The molecule has 0 saturated carbocycles. The Hall–Kier alpha value is -1.26. The minimum atomic E-state index is -0.479. The Kier molecular flexibility index (Phi) is 4.23. The number of hydrogen-bond donors (Lipinski definition) is 2. The number of thiol groups is 1. The van der Waals surface area contributed by atoms with E-state index in [4.69, 9.17) is 0 Å². The third-order valence-corrected chi connectivity index (χ3v) is 3.36. The van der Waals surface area contributed by atoms with Crippen molar-refractivity contribution in [1.82, 2.24) is 9.55 Å². The van der Waals surface area contributed by atoms with E-state index in [1.165, 1.54) is 5.56 Å². The first-order valence-corrected chi connectivity index (χ1v) is 6.16. The van der Waals surface area contributed by atoms with Crippen molar-refractivity contribution in [2.24, 2.45) is 0 Å². The van der Waals surface area contributed by atoms with Gasteiger partial charge in [-0.1, -0.05) is 30.3 Å². The van der Waals surface area contributed by atoms with Gasteiger partial charge in [0.05, 0.1) is 12.4 Å². The van der Waals surface area contributed by atoms with E-state index in [1.54, 1.807) is 17.1 Å². The van der Waals surface area contributed by atoms with Crippen molar-refractivity contribution >= 4 is 12.6 Å². The first-order valence-electron chi connectivity index (χ1n) is 5.65. The van der Waals surface area contributed by atoms with Gasteiger partial charge in [0, 0.05) is 12.4 Å². The second kappa shape index (κ2) is 5.89. The molecule has 2 atom stereocenters. The summed E-state index contributed by atoms with van der Waals surface area (Å²) in [5, 5.41) is 9.79. The number of hydrogen-bond acceptors (Lipinski definition) is 3. The monoisotopic (exact) mass is 248 g/mol. The molecule has 0 fully saturated rings. The molecule has 1 aromatic heterocycles. The molecule has 0 bridgehead atoms. The van der Waals surface area contributed by atoms with Crippen LogP contribution in [0.3, 0.4) is 0 Å². The van der Waals surface area contributed by atoms with Crippen molar-refractivity contribution < 1.29 is 5.11 Å². The van der Waals surface area contributed by atoms with Gasteiger partial charge in [0.1, 0.15) is 5.37 Å². The van der Waals surface area contributed by atoms with E-state index in [-0.39, 0.29) is 5.37 Å². The van der Waals surface area contributed by atoms with Crippen molar-refractivity contribution in [1.29, 1.82) is 0 Å². The zero-order valence-electron chi connectivity index (χ0n) is 9.48. The maximum absolute atomic E-state index is 10.0. The van der Waals surface area contributed by atoms with Crippen molar-refractivity contribution in [3.63, 3.8) is 0 Å². The number of benzene rings is 1. The number of aromatic nitrogens is 2. The van der Waals surface area contributed by atoms with Gasteiger partial charge in [-0.2, -0.15) is 12.6 Å². The Morgan fingerprint density at radius 2 is 2.06 bits per heavy atom. The van der Waals surface area contributed by atoms with Crippen LogP contribution in [0.5, 0.6) is 0 Å². The summed E-state index contributed by atoms with van der Waals surface area (Å²) in [7, 11) is 0. The van der Waals surface area contributed by atoms with Crippen LogP contribution >= 0.6 is 12.6 Å². The predicted octanol–water partition coefficient (Wildman–Crippen LogP) is 2.31. The van der Waals surface area contributed by atoms with E-state index in [2.05, 4.69) is 29.7 Å². The highest BCUT2D eigenvalue weighted by Crippen LogP contribution is 2.19. The van der Waals surface area contributed by atoms with Crippen LogP contribution in [-0.4, -0.2) is 20.8 Å². The second-order valence-electron chi connectivity index (χ2n) is 4.02. The number of imidazole rings is 1. The number of rotatable bonds is 5. The van der Waals surface area contributed by atoms with Gasteiger partial charge in [0.15, 0.2) is 0 Å². The standard InChI is InChI=1S/C13H16N2OS/c16-12(13(17)15-9-8-14-10-15)7-6-11-4-2-1-3-5-11/h1-5,8-10,12-13,16-17H,6-7H2. The molecule has 4 heteroatoms. The lowest BCUT2D eigenvalue weighted by atomic mass is 10.1. The smallest absolute Gasteiger partial charge is 0.103 e. The van der Waals surface area contributed by atoms with Gasteiger partial charge in [-0.15, -0.1) is 0 Å². The quantitative estimate of drug-likeness (QED) is 0.797. The Morgan fingerprint density at radius 1 is 1.29 bits per heavy atom. The Bertz CT molecular complexity index is 430. The van der Waals surface area contributed by atoms with Gasteiger partial charge in [-0.3, -0.25) is 0 Å². The fraction of sp³-hybridized carbons (Fsp3) is 0.308. The maximum atomic E-state index is 10.0. The summed E-state index contributed by atoms with van der Waals surface area (Å²) in [4.78, 5) is 3.95. The summed E-state index contributed by atoms with van der Waals surface area (Å²) >= 11 is 4.40. The molecular formula is C13H16N2OS. The summed E-state index contributed by atoms with van der Waals surface area (Å²) in [6.07, 6.45) is 6.23. The highest BCUT2D eigenvalue weighted by atomic mass is 32.1. The van der Waals surface area contributed by atoms with Crippen LogP contribution in [0.4, 0.5) is 0 Å². The van der Waals surface area contributed by atoms with Crippen LogP contribution < -0.4 is 0 Å². The van der Waals surface area contributed by atoms with Crippen molar-refractivity contribution in [3.05, 3.63) is 54.6 Å². The summed E-state index contributed by atoms with van der Waals surface area (Å²) in [6, 6.07) is 10.1.